The number of nitrogens with one attached hydrogen (secondary N) is 1. The van der Waals surface area contributed by atoms with E-state index in [0.717, 1.165) is 11.1 Å². The fourth-order valence-corrected chi connectivity index (χ4v) is 1.94. The molecule has 3 rings (SSSR count). The van der Waals surface area contributed by atoms with Gasteiger partial charge in [-0.2, -0.15) is 0 Å². The molecule has 0 saturated carbocycles. The Labute approximate surface area is 116 Å². The zero-order chi connectivity index (χ0) is 13.9. The Kier molecular flexibility index (Phi) is 3.13. The average molecular weight is 263 g/mol. The minimum atomic E-state index is -0.183. The van der Waals surface area contributed by atoms with Crippen molar-refractivity contribution in [3.05, 3.63) is 71.2 Å². The summed E-state index contributed by atoms with van der Waals surface area (Å²) in [5.74, 6) is 0.383. The first kappa shape index (κ1) is 12.3. The lowest BCUT2D eigenvalue weighted by atomic mass is 10.1. The highest BCUT2D eigenvalue weighted by atomic mass is 16.2. The van der Waals surface area contributed by atoms with Crippen molar-refractivity contribution in [1.29, 1.82) is 0 Å². The summed E-state index contributed by atoms with van der Waals surface area (Å²) in [6.45, 7) is 2.03. The SMILES string of the molecule is Cc1ccc(/C=C2\N=C(c3ccncc3)NC2=O)cc1. The van der Waals surface area contributed by atoms with Gasteiger partial charge in [0.1, 0.15) is 11.5 Å². The molecule has 0 saturated heterocycles. The van der Waals surface area contributed by atoms with Crippen molar-refractivity contribution in [1.82, 2.24) is 10.3 Å². The number of aryl methyl sites for hydroxylation is 1. The van der Waals surface area contributed by atoms with E-state index in [1.54, 1.807) is 18.5 Å². The van der Waals surface area contributed by atoms with E-state index >= 15 is 0 Å². The highest BCUT2D eigenvalue weighted by molar-refractivity contribution is 6.19. The highest BCUT2D eigenvalue weighted by Crippen LogP contribution is 2.15. The average Bonchev–Trinajstić information content (AvgIpc) is 2.84. The minimum absolute atomic E-state index is 0.183. The number of hydrogen-bond acceptors (Lipinski definition) is 3. The number of rotatable bonds is 2. The number of aliphatic imine (C=N–C) groups is 1. The molecule has 20 heavy (non-hydrogen) atoms. The number of benzene rings is 1. The molecule has 0 spiro atoms. The second-order valence-electron chi connectivity index (χ2n) is 4.59. The molecule has 4 nitrogen and oxygen atoms in total. The van der Waals surface area contributed by atoms with E-state index in [0.29, 0.717) is 11.5 Å². The van der Waals surface area contributed by atoms with E-state index in [2.05, 4.69) is 15.3 Å². The quantitative estimate of drug-likeness (QED) is 0.845. The van der Waals surface area contributed by atoms with Crippen molar-refractivity contribution in [3.8, 4) is 0 Å². The summed E-state index contributed by atoms with van der Waals surface area (Å²) in [5.41, 5.74) is 3.41. The molecule has 4 heteroatoms. The summed E-state index contributed by atoms with van der Waals surface area (Å²) in [7, 11) is 0. The van der Waals surface area contributed by atoms with Gasteiger partial charge in [-0.05, 0) is 30.7 Å². The van der Waals surface area contributed by atoms with Crippen molar-refractivity contribution in [3.63, 3.8) is 0 Å². The first-order valence-corrected chi connectivity index (χ1v) is 6.31. The molecule has 0 bridgehead atoms. The summed E-state index contributed by atoms with van der Waals surface area (Å²) < 4.78 is 0. The molecule has 1 N–H and O–H groups in total. The molecule has 1 aliphatic heterocycles. The van der Waals surface area contributed by atoms with Crippen LogP contribution in [0.4, 0.5) is 0 Å². The third kappa shape index (κ3) is 2.49. The summed E-state index contributed by atoms with van der Waals surface area (Å²) in [5, 5.41) is 2.77. The van der Waals surface area contributed by atoms with Gasteiger partial charge in [0.25, 0.3) is 5.91 Å². The zero-order valence-electron chi connectivity index (χ0n) is 11.0. The third-order valence-electron chi connectivity index (χ3n) is 3.03. The van der Waals surface area contributed by atoms with Gasteiger partial charge in [0.2, 0.25) is 0 Å². The Morgan fingerprint density at radius 3 is 2.45 bits per heavy atom. The number of pyridine rings is 1. The van der Waals surface area contributed by atoms with Gasteiger partial charge in [-0.3, -0.25) is 9.78 Å². The van der Waals surface area contributed by atoms with Crippen molar-refractivity contribution in [2.75, 3.05) is 0 Å². The zero-order valence-corrected chi connectivity index (χ0v) is 11.0. The summed E-state index contributed by atoms with van der Waals surface area (Å²) >= 11 is 0. The second kappa shape index (κ2) is 5.09. The predicted octanol–water partition coefficient (Wildman–Crippen LogP) is 2.31. The van der Waals surface area contributed by atoms with Gasteiger partial charge in [-0.25, -0.2) is 4.99 Å². The standard InChI is InChI=1S/C16H13N3O/c1-11-2-4-12(5-3-11)10-14-16(20)19-15(18-14)13-6-8-17-9-7-13/h2-10H,1H3,(H,18,19,20)/b14-10-. The summed E-state index contributed by atoms with van der Waals surface area (Å²) in [6.07, 6.45) is 5.13. The van der Waals surface area contributed by atoms with Crippen LogP contribution < -0.4 is 5.32 Å². The van der Waals surface area contributed by atoms with Crippen molar-refractivity contribution in [2.24, 2.45) is 4.99 Å². The minimum Gasteiger partial charge on any atom is -0.305 e. The largest absolute Gasteiger partial charge is 0.305 e. The van der Waals surface area contributed by atoms with Gasteiger partial charge in [0, 0.05) is 18.0 Å². The molecule has 2 aromatic rings. The van der Waals surface area contributed by atoms with Gasteiger partial charge < -0.3 is 5.32 Å². The number of aromatic nitrogens is 1. The monoisotopic (exact) mass is 263 g/mol. The molecule has 98 valence electrons. The lowest BCUT2D eigenvalue weighted by molar-refractivity contribution is -0.115. The van der Waals surface area contributed by atoms with Crippen LogP contribution in [0.5, 0.6) is 0 Å². The van der Waals surface area contributed by atoms with E-state index < -0.39 is 0 Å². The lowest BCUT2D eigenvalue weighted by Gasteiger charge is -1.97. The van der Waals surface area contributed by atoms with Crippen LogP contribution in [0.25, 0.3) is 6.08 Å². The summed E-state index contributed by atoms with van der Waals surface area (Å²) in [4.78, 5) is 20.2. The maximum absolute atomic E-state index is 11.9. The smallest absolute Gasteiger partial charge is 0.275 e. The molecule has 0 fully saturated rings. The van der Waals surface area contributed by atoms with Crippen LogP contribution in [0, 0.1) is 6.92 Å². The first-order valence-electron chi connectivity index (χ1n) is 6.31. The van der Waals surface area contributed by atoms with Gasteiger partial charge >= 0.3 is 0 Å². The molecular weight excluding hydrogens is 250 g/mol. The Morgan fingerprint density at radius 2 is 1.75 bits per heavy atom. The molecule has 0 atom stereocenters. The van der Waals surface area contributed by atoms with Crippen LogP contribution in [0.2, 0.25) is 0 Å². The van der Waals surface area contributed by atoms with Gasteiger partial charge in [0.15, 0.2) is 0 Å². The molecule has 0 unspecified atom stereocenters. The van der Waals surface area contributed by atoms with Gasteiger partial charge in [0.05, 0.1) is 0 Å². The van der Waals surface area contributed by atoms with E-state index in [-0.39, 0.29) is 5.91 Å². The number of nitrogens with zero attached hydrogens (tertiary/aromatic N) is 2. The molecule has 0 aliphatic carbocycles. The molecule has 0 radical (unpaired) electrons. The van der Waals surface area contributed by atoms with Crippen molar-refractivity contribution in [2.45, 2.75) is 6.92 Å². The Hall–Kier alpha value is -2.75. The molecule has 1 aromatic heterocycles. The fraction of sp³-hybridized carbons (Fsp3) is 0.0625. The predicted molar refractivity (Wildman–Crippen MR) is 78.1 cm³/mol. The van der Waals surface area contributed by atoms with Crippen molar-refractivity contribution >= 4 is 17.8 Å². The normalized spacial score (nSPS) is 16.1. The highest BCUT2D eigenvalue weighted by Gasteiger charge is 2.20. The number of amidine groups is 1. The Balaban J connectivity index is 1.92. The van der Waals surface area contributed by atoms with E-state index in [1.165, 1.54) is 5.56 Å². The van der Waals surface area contributed by atoms with Crippen LogP contribution in [0.3, 0.4) is 0 Å². The topological polar surface area (TPSA) is 54.4 Å². The van der Waals surface area contributed by atoms with Crippen molar-refractivity contribution < 1.29 is 4.79 Å². The van der Waals surface area contributed by atoms with Crippen LogP contribution in [-0.4, -0.2) is 16.7 Å². The maximum Gasteiger partial charge on any atom is 0.275 e. The number of carbonyl (C=O) groups excluding carboxylic acids is 1. The van der Waals surface area contributed by atoms with Crippen LogP contribution in [0.1, 0.15) is 16.7 Å². The molecule has 1 aliphatic rings. The Morgan fingerprint density at radius 1 is 1.05 bits per heavy atom. The Bertz CT molecular complexity index is 700. The van der Waals surface area contributed by atoms with Gasteiger partial charge in [-0.1, -0.05) is 29.8 Å². The maximum atomic E-state index is 11.9. The number of hydrogen-bond donors (Lipinski definition) is 1. The van der Waals surface area contributed by atoms with Crippen LogP contribution >= 0.6 is 0 Å². The van der Waals surface area contributed by atoms with E-state index in [1.807, 2.05) is 43.3 Å². The molecule has 2 heterocycles. The molecule has 1 amide bonds. The van der Waals surface area contributed by atoms with Crippen LogP contribution in [-0.2, 0) is 4.79 Å². The van der Waals surface area contributed by atoms with E-state index in [4.69, 9.17) is 0 Å². The number of carbonyl (C=O) groups is 1. The third-order valence-corrected chi connectivity index (χ3v) is 3.03. The number of amides is 1. The molecule has 1 aromatic carbocycles. The summed E-state index contributed by atoms with van der Waals surface area (Å²) in [6, 6.07) is 11.6. The van der Waals surface area contributed by atoms with E-state index in [9.17, 15) is 4.79 Å². The molecular formula is C16H13N3O. The van der Waals surface area contributed by atoms with Crippen LogP contribution in [0.15, 0.2) is 59.5 Å². The second-order valence-corrected chi connectivity index (χ2v) is 4.59. The lowest BCUT2D eigenvalue weighted by Crippen LogP contribution is -2.24. The van der Waals surface area contributed by atoms with Gasteiger partial charge in [-0.15, -0.1) is 0 Å². The fourth-order valence-electron chi connectivity index (χ4n) is 1.94. The first-order chi connectivity index (χ1) is 9.72.